The Morgan fingerprint density at radius 2 is 2.30 bits per heavy atom. The highest BCUT2D eigenvalue weighted by atomic mass is 35.5. The number of nitrogens with one attached hydrogen (secondary N) is 2. The molecule has 0 aliphatic carbocycles. The van der Waals surface area contributed by atoms with Crippen molar-refractivity contribution in [2.75, 3.05) is 26.3 Å². The minimum Gasteiger partial charge on any atom is -0.378 e. The van der Waals surface area contributed by atoms with Crippen LogP contribution in [0.3, 0.4) is 0 Å². The Hall–Kier alpha value is -1.70. The number of para-hydroxylation sites is 1. The van der Waals surface area contributed by atoms with Gasteiger partial charge in [0.2, 0.25) is 5.91 Å². The molecule has 1 aromatic heterocycles. The van der Waals surface area contributed by atoms with Gasteiger partial charge in [-0.3, -0.25) is 4.79 Å². The molecule has 126 valence electrons. The molecule has 2 heterocycles. The minimum absolute atomic E-state index is 0. The lowest BCUT2D eigenvalue weighted by Crippen LogP contribution is -2.44. The Labute approximate surface area is 141 Å². The van der Waals surface area contributed by atoms with Crippen molar-refractivity contribution in [1.82, 2.24) is 25.6 Å². The molecule has 2 N–H and O–H groups in total. The molecule has 1 unspecified atom stereocenters. The summed E-state index contributed by atoms with van der Waals surface area (Å²) in [6.07, 6.45) is 1.29. The number of aromatic nitrogens is 3. The Kier molecular flexibility index (Phi) is 6.76. The molecule has 0 bridgehead atoms. The molecule has 8 heteroatoms. The SMILES string of the molecule is Cl.O=C(CC1COCCN1)NCCCn1nnc2ccccc21. The number of carbonyl (C=O) groups is 1. The molecule has 1 aromatic carbocycles. The molecule has 1 fully saturated rings. The van der Waals surface area contributed by atoms with E-state index < -0.39 is 0 Å². The van der Waals surface area contributed by atoms with E-state index in [2.05, 4.69) is 20.9 Å². The van der Waals surface area contributed by atoms with E-state index in [1.54, 1.807) is 0 Å². The molecule has 0 radical (unpaired) electrons. The first-order valence-corrected chi connectivity index (χ1v) is 7.69. The number of amides is 1. The Morgan fingerprint density at radius 1 is 1.43 bits per heavy atom. The van der Waals surface area contributed by atoms with Gasteiger partial charge in [-0.05, 0) is 18.6 Å². The van der Waals surface area contributed by atoms with E-state index in [1.807, 2.05) is 28.9 Å². The number of carbonyl (C=O) groups excluding carboxylic acids is 1. The van der Waals surface area contributed by atoms with E-state index >= 15 is 0 Å². The number of nitrogens with zero attached hydrogens (tertiary/aromatic N) is 3. The highest BCUT2D eigenvalue weighted by Gasteiger charge is 2.16. The molecule has 23 heavy (non-hydrogen) atoms. The number of benzene rings is 1. The molecule has 2 aromatic rings. The Bertz CT molecular complexity index is 627. The molecule has 7 nitrogen and oxygen atoms in total. The van der Waals surface area contributed by atoms with E-state index in [0.717, 1.165) is 37.2 Å². The van der Waals surface area contributed by atoms with Crippen molar-refractivity contribution in [1.29, 1.82) is 0 Å². The van der Waals surface area contributed by atoms with Crippen LogP contribution in [0, 0.1) is 0 Å². The first-order chi connectivity index (χ1) is 10.8. The van der Waals surface area contributed by atoms with Crippen LogP contribution < -0.4 is 10.6 Å². The van der Waals surface area contributed by atoms with E-state index in [1.165, 1.54) is 0 Å². The summed E-state index contributed by atoms with van der Waals surface area (Å²) in [4.78, 5) is 11.8. The van der Waals surface area contributed by atoms with E-state index in [9.17, 15) is 4.79 Å². The summed E-state index contributed by atoms with van der Waals surface area (Å²) in [5.41, 5.74) is 1.92. The van der Waals surface area contributed by atoms with Crippen LogP contribution in [-0.4, -0.2) is 53.2 Å². The number of aryl methyl sites for hydroxylation is 1. The number of rotatable bonds is 6. The minimum atomic E-state index is 0. The van der Waals surface area contributed by atoms with Crippen molar-refractivity contribution >= 4 is 29.3 Å². The summed E-state index contributed by atoms with van der Waals surface area (Å²) in [5.74, 6) is 0.0615. The molecule has 1 atom stereocenters. The zero-order valence-corrected chi connectivity index (χ0v) is 13.7. The van der Waals surface area contributed by atoms with Gasteiger partial charge in [-0.25, -0.2) is 4.68 Å². The highest BCUT2D eigenvalue weighted by Crippen LogP contribution is 2.09. The Morgan fingerprint density at radius 3 is 3.13 bits per heavy atom. The van der Waals surface area contributed by atoms with Gasteiger partial charge in [0.15, 0.2) is 0 Å². The summed E-state index contributed by atoms with van der Waals surface area (Å²) < 4.78 is 7.21. The molecular formula is C15H22ClN5O2. The topological polar surface area (TPSA) is 81.1 Å². The summed E-state index contributed by atoms with van der Waals surface area (Å²) in [6.45, 7) is 3.53. The van der Waals surface area contributed by atoms with Gasteiger partial charge in [-0.2, -0.15) is 0 Å². The largest absolute Gasteiger partial charge is 0.378 e. The lowest BCUT2D eigenvalue weighted by molar-refractivity contribution is -0.122. The first-order valence-electron chi connectivity index (χ1n) is 7.69. The van der Waals surface area contributed by atoms with Crippen LogP contribution in [-0.2, 0) is 16.1 Å². The molecule has 1 aliphatic heterocycles. The average molecular weight is 340 g/mol. The molecule has 1 amide bonds. The summed E-state index contributed by atoms with van der Waals surface area (Å²) >= 11 is 0. The predicted molar refractivity (Wildman–Crippen MR) is 89.6 cm³/mol. The number of ether oxygens (including phenoxy) is 1. The maximum Gasteiger partial charge on any atom is 0.221 e. The molecule has 3 rings (SSSR count). The normalized spacial score (nSPS) is 17.7. The standard InChI is InChI=1S/C15H21N5O2.ClH/c21-15(10-12-11-22-9-7-16-12)17-6-3-8-20-14-5-2-1-4-13(14)18-19-20;/h1-2,4-5,12,16H,3,6-11H2,(H,17,21);1H. The fourth-order valence-corrected chi connectivity index (χ4v) is 2.59. The number of fused-ring (bicyclic) bond motifs is 1. The third-order valence-electron chi connectivity index (χ3n) is 3.72. The maximum absolute atomic E-state index is 11.8. The summed E-state index contributed by atoms with van der Waals surface area (Å²) in [5, 5.41) is 14.5. The van der Waals surface area contributed by atoms with Gasteiger partial charge in [0.05, 0.1) is 18.7 Å². The predicted octanol–water partition coefficient (Wildman–Crippen LogP) is 0.738. The lowest BCUT2D eigenvalue weighted by Gasteiger charge is -2.23. The number of hydrogen-bond donors (Lipinski definition) is 2. The van der Waals surface area contributed by atoms with Crippen LogP contribution in [0.1, 0.15) is 12.8 Å². The van der Waals surface area contributed by atoms with Gasteiger partial charge < -0.3 is 15.4 Å². The van der Waals surface area contributed by atoms with E-state index in [0.29, 0.717) is 19.6 Å². The zero-order valence-electron chi connectivity index (χ0n) is 12.9. The van der Waals surface area contributed by atoms with Crippen LogP contribution in [0.25, 0.3) is 11.0 Å². The van der Waals surface area contributed by atoms with Gasteiger partial charge >= 0.3 is 0 Å². The smallest absolute Gasteiger partial charge is 0.221 e. The zero-order chi connectivity index (χ0) is 15.2. The van der Waals surface area contributed by atoms with Crippen LogP contribution in [0.2, 0.25) is 0 Å². The molecule has 1 aliphatic rings. The van der Waals surface area contributed by atoms with Crippen molar-refractivity contribution in [2.24, 2.45) is 0 Å². The van der Waals surface area contributed by atoms with Gasteiger partial charge in [0.1, 0.15) is 5.52 Å². The van der Waals surface area contributed by atoms with Crippen LogP contribution in [0.15, 0.2) is 24.3 Å². The fraction of sp³-hybridized carbons (Fsp3) is 0.533. The van der Waals surface area contributed by atoms with Crippen molar-refractivity contribution < 1.29 is 9.53 Å². The molecule has 1 saturated heterocycles. The number of hydrogen-bond acceptors (Lipinski definition) is 5. The van der Waals surface area contributed by atoms with Crippen LogP contribution in [0.5, 0.6) is 0 Å². The van der Waals surface area contributed by atoms with Gasteiger partial charge in [0, 0.05) is 32.1 Å². The van der Waals surface area contributed by atoms with Gasteiger partial charge in [-0.1, -0.05) is 17.3 Å². The third-order valence-corrected chi connectivity index (χ3v) is 3.72. The van der Waals surface area contributed by atoms with E-state index in [4.69, 9.17) is 4.74 Å². The van der Waals surface area contributed by atoms with E-state index in [-0.39, 0.29) is 24.4 Å². The second-order valence-corrected chi connectivity index (χ2v) is 5.43. The monoisotopic (exact) mass is 339 g/mol. The quantitative estimate of drug-likeness (QED) is 0.759. The van der Waals surface area contributed by atoms with Crippen LogP contribution >= 0.6 is 12.4 Å². The average Bonchev–Trinajstić information content (AvgIpc) is 2.96. The lowest BCUT2D eigenvalue weighted by atomic mass is 10.2. The van der Waals surface area contributed by atoms with Crippen molar-refractivity contribution in [2.45, 2.75) is 25.4 Å². The maximum atomic E-state index is 11.8. The number of halogens is 1. The second kappa shape index (κ2) is 8.81. The second-order valence-electron chi connectivity index (χ2n) is 5.43. The molecule has 0 spiro atoms. The van der Waals surface area contributed by atoms with Gasteiger partial charge in [0.25, 0.3) is 0 Å². The van der Waals surface area contributed by atoms with Crippen LogP contribution in [0.4, 0.5) is 0 Å². The molecule has 0 saturated carbocycles. The Balaban J connectivity index is 0.00000192. The molecular weight excluding hydrogens is 318 g/mol. The van der Waals surface area contributed by atoms with Crippen molar-refractivity contribution in [3.63, 3.8) is 0 Å². The van der Waals surface area contributed by atoms with Crippen molar-refractivity contribution in [3.8, 4) is 0 Å². The van der Waals surface area contributed by atoms with Gasteiger partial charge in [-0.15, -0.1) is 17.5 Å². The summed E-state index contributed by atoms with van der Waals surface area (Å²) in [7, 11) is 0. The van der Waals surface area contributed by atoms with Crippen molar-refractivity contribution in [3.05, 3.63) is 24.3 Å². The summed E-state index contributed by atoms with van der Waals surface area (Å²) in [6, 6.07) is 8.00. The first kappa shape index (κ1) is 17.7. The highest BCUT2D eigenvalue weighted by molar-refractivity contribution is 5.85. The third kappa shape index (κ3) is 4.89. The fourth-order valence-electron chi connectivity index (χ4n) is 2.59. The number of morpholine rings is 1.